The van der Waals surface area contributed by atoms with E-state index in [9.17, 15) is 10.1 Å². The van der Waals surface area contributed by atoms with Crippen LogP contribution in [0.25, 0.3) is 0 Å². The third-order valence-electron chi connectivity index (χ3n) is 3.72. The van der Waals surface area contributed by atoms with Gasteiger partial charge < -0.3 is 20.3 Å². The monoisotopic (exact) mass is 278 g/mol. The van der Waals surface area contributed by atoms with Crippen molar-refractivity contribution in [2.24, 2.45) is 5.92 Å². The molecular formula is C14H22N4O2. The van der Waals surface area contributed by atoms with E-state index < -0.39 is 4.92 Å². The minimum atomic E-state index is -0.458. The lowest BCUT2D eigenvalue weighted by Crippen LogP contribution is -2.36. The van der Waals surface area contributed by atoms with E-state index in [1.54, 1.807) is 6.20 Å². The van der Waals surface area contributed by atoms with Crippen LogP contribution in [0.3, 0.4) is 0 Å². The average molecular weight is 278 g/mol. The molecular weight excluding hydrogens is 256 g/mol. The number of aromatic nitrogens is 1. The van der Waals surface area contributed by atoms with Crippen LogP contribution in [0.1, 0.15) is 26.2 Å². The van der Waals surface area contributed by atoms with Crippen LogP contribution < -0.4 is 10.2 Å². The van der Waals surface area contributed by atoms with E-state index in [4.69, 9.17) is 0 Å². The van der Waals surface area contributed by atoms with Gasteiger partial charge in [-0.05, 0) is 54.2 Å². The molecule has 1 fully saturated rings. The van der Waals surface area contributed by atoms with Gasteiger partial charge in [0.2, 0.25) is 0 Å². The third kappa shape index (κ3) is 3.90. The SMILES string of the molecule is CCCN(CC1CCNCC1)c1ccc([N+](=O)[O-])nc1. The topological polar surface area (TPSA) is 71.3 Å². The van der Waals surface area contributed by atoms with Crippen molar-refractivity contribution < 1.29 is 4.92 Å². The molecule has 20 heavy (non-hydrogen) atoms. The molecule has 2 rings (SSSR count). The number of piperidine rings is 1. The first-order chi connectivity index (χ1) is 9.70. The number of nitrogens with zero attached hydrogens (tertiary/aromatic N) is 3. The maximum atomic E-state index is 10.6. The summed E-state index contributed by atoms with van der Waals surface area (Å²) >= 11 is 0. The van der Waals surface area contributed by atoms with Gasteiger partial charge in [0.25, 0.3) is 0 Å². The lowest BCUT2D eigenvalue weighted by atomic mass is 9.97. The van der Waals surface area contributed by atoms with Gasteiger partial charge in [-0.3, -0.25) is 0 Å². The molecule has 6 heteroatoms. The minimum absolute atomic E-state index is 0.0907. The van der Waals surface area contributed by atoms with Gasteiger partial charge in [0, 0.05) is 19.2 Å². The lowest BCUT2D eigenvalue weighted by Gasteiger charge is -2.30. The molecule has 0 saturated carbocycles. The molecule has 0 amide bonds. The average Bonchev–Trinajstić information content (AvgIpc) is 2.48. The molecule has 0 aromatic carbocycles. The van der Waals surface area contributed by atoms with Gasteiger partial charge in [0.1, 0.15) is 0 Å². The molecule has 0 unspecified atom stereocenters. The van der Waals surface area contributed by atoms with E-state index in [1.807, 2.05) is 6.07 Å². The molecule has 0 spiro atoms. The van der Waals surface area contributed by atoms with Gasteiger partial charge in [-0.2, -0.15) is 0 Å². The fourth-order valence-corrected chi connectivity index (χ4v) is 2.64. The summed E-state index contributed by atoms with van der Waals surface area (Å²) in [4.78, 5) is 16.4. The Balaban J connectivity index is 2.04. The Kier molecular flexibility index (Phi) is 5.29. The normalized spacial score (nSPS) is 16.1. The van der Waals surface area contributed by atoms with Gasteiger partial charge in [-0.1, -0.05) is 6.92 Å². The van der Waals surface area contributed by atoms with Crippen molar-refractivity contribution in [2.75, 3.05) is 31.1 Å². The van der Waals surface area contributed by atoms with Crippen molar-refractivity contribution in [1.29, 1.82) is 0 Å². The molecule has 1 N–H and O–H groups in total. The molecule has 0 aliphatic carbocycles. The van der Waals surface area contributed by atoms with Crippen LogP contribution in [0, 0.1) is 16.0 Å². The number of nitro groups is 1. The molecule has 0 bridgehead atoms. The van der Waals surface area contributed by atoms with E-state index in [-0.39, 0.29) is 5.82 Å². The summed E-state index contributed by atoms with van der Waals surface area (Å²) < 4.78 is 0. The molecule has 1 aliphatic heterocycles. The number of rotatable bonds is 6. The van der Waals surface area contributed by atoms with E-state index in [0.717, 1.165) is 38.3 Å². The van der Waals surface area contributed by atoms with Gasteiger partial charge in [0.15, 0.2) is 6.20 Å². The number of hydrogen-bond donors (Lipinski definition) is 1. The summed E-state index contributed by atoms with van der Waals surface area (Å²) in [5, 5.41) is 14.0. The molecule has 6 nitrogen and oxygen atoms in total. The van der Waals surface area contributed by atoms with Gasteiger partial charge in [-0.15, -0.1) is 0 Å². The zero-order chi connectivity index (χ0) is 14.4. The summed E-state index contributed by atoms with van der Waals surface area (Å²) in [7, 11) is 0. The number of nitrogens with one attached hydrogen (secondary N) is 1. The Labute approximate surface area is 119 Å². The van der Waals surface area contributed by atoms with Crippen molar-refractivity contribution in [3.05, 3.63) is 28.4 Å². The molecule has 110 valence electrons. The van der Waals surface area contributed by atoms with Gasteiger partial charge in [0.05, 0.1) is 5.69 Å². The second kappa shape index (κ2) is 7.19. The smallest absolute Gasteiger partial charge is 0.363 e. The largest absolute Gasteiger partial charge is 0.368 e. The number of anilines is 1. The van der Waals surface area contributed by atoms with Crippen LogP contribution in [-0.4, -0.2) is 36.1 Å². The molecule has 1 aromatic heterocycles. The quantitative estimate of drug-likeness (QED) is 0.638. The van der Waals surface area contributed by atoms with Crippen LogP contribution in [0.2, 0.25) is 0 Å². The predicted octanol–water partition coefficient (Wildman–Crippen LogP) is 2.21. The molecule has 1 saturated heterocycles. The van der Waals surface area contributed by atoms with Gasteiger partial charge in [-0.25, -0.2) is 0 Å². The Morgan fingerprint density at radius 3 is 2.75 bits per heavy atom. The molecule has 1 aliphatic rings. The highest BCUT2D eigenvalue weighted by Gasteiger charge is 2.18. The fraction of sp³-hybridized carbons (Fsp3) is 0.643. The van der Waals surface area contributed by atoms with E-state index in [2.05, 4.69) is 22.1 Å². The summed E-state index contributed by atoms with van der Waals surface area (Å²) in [6, 6.07) is 3.29. The molecule has 1 aromatic rings. The van der Waals surface area contributed by atoms with Gasteiger partial charge >= 0.3 is 5.82 Å². The summed E-state index contributed by atoms with van der Waals surface area (Å²) in [6.45, 7) is 6.29. The Morgan fingerprint density at radius 2 is 2.20 bits per heavy atom. The van der Waals surface area contributed by atoms with Crippen molar-refractivity contribution in [2.45, 2.75) is 26.2 Å². The highest BCUT2D eigenvalue weighted by molar-refractivity contribution is 5.46. The Hall–Kier alpha value is -1.69. The highest BCUT2D eigenvalue weighted by atomic mass is 16.6. The fourth-order valence-electron chi connectivity index (χ4n) is 2.64. The first-order valence-electron chi connectivity index (χ1n) is 7.26. The number of hydrogen-bond acceptors (Lipinski definition) is 5. The van der Waals surface area contributed by atoms with E-state index in [1.165, 1.54) is 18.9 Å². The molecule has 0 atom stereocenters. The van der Waals surface area contributed by atoms with Crippen molar-refractivity contribution >= 4 is 11.5 Å². The van der Waals surface area contributed by atoms with Crippen LogP contribution in [0.15, 0.2) is 18.3 Å². The number of pyridine rings is 1. The first-order valence-corrected chi connectivity index (χ1v) is 7.26. The van der Waals surface area contributed by atoms with E-state index in [0.29, 0.717) is 5.92 Å². The molecule has 2 heterocycles. The predicted molar refractivity (Wildman–Crippen MR) is 79.0 cm³/mol. The standard InChI is InChI=1S/C14H22N4O2/c1-2-9-17(11-12-5-7-15-8-6-12)13-3-4-14(16-10-13)18(19)20/h3-4,10,12,15H,2,5-9,11H2,1H3. The Bertz CT molecular complexity index is 429. The van der Waals surface area contributed by atoms with Crippen LogP contribution in [0.5, 0.6) is 0 Å². The van der Waals surface area contributed by atoms with Crippen molar-refractivity contribution in [1.82, 2.24) is 10.3 Å². The van der Waals surface area contributed by atoms with Crippen LogP contribution >= 0.6 is 0 Å². The first kappa shape index (κ1) is 14.7. The second-order valence-electron chi connectivity index (χ2n) is 5.27. The lowest BCUT2D eigenvalue weighted by molar-refractivity contribution is -0.389. The van der Waals surface area contributed by atoms with Crippen LogP contribution in [0.4, 0.5) is 11.5 Å². The summed E-state index contributed by atoms with van der Waals surface area (Å²) in [6.07, 6.45) is 5.07. The second-order valence-corrected chi connectivity index (χ2v) is 5.27. The zero-order valence-corrected chi connectivity index (χ0v) is 11.9. The Morgan fingerprint density at radius 1 is 1.45 bits per heavy atom. The van der Waals surface area contributed by atoms with Crippen molar-refractivity contribution in [3.8, 4) is 0 Å². The molecule has 0 radical (unpaired) electrons. The maximum Gasteiger partial charge on any atom is 0.363 e. The third-order valence-corrected chi connectivity index (χ3v) is 3.72. The van der Waals surface area contributed by atoms with E-state index >= 15 is 0 Å². The highest BCUT2D eigenvalue weighted by Crippen LogP contribution is 2.21. The van der Waals surface area contributed by atoms with Crippen molar-refractivity contribution in [3.63, 3.8) is 0 Å². The minimum Gasteiger partial charge on any atom is -0.368 e. The summed E-state index contributed by atoms with van der Waals surface area (Å²) in [5.74, 6) is 0.602. The van der Waals surface area contributed by atoms with Crippen LogP contribution in [-0.2, 0) is 0 Å². The zero-order valence-electron chi connectivity index (χ0n) is 11.9. The summed E-state index contributed by atoms with van der Waals surface area (Å²) in [5.41, 5.74) is 0.982. The maximum absolute atomic E-state index is 10.6.